The minimum absolute atomic E-state index is 0.0234. The van der Waals surface area contributed by atoms with E-state index in [1.165, 1.54) is 11.1 Å². The highest BCUT2D eigenvalue weighted by molar-refractivity contribution is 6.31. The van der Waals surface area contributed by atoms with Crippen LogP contribution in [0.3, 0.4) is 0 Å². The van der Waals surface area contributed by atoms with Gasteiger partial charge in [-0.3, -0.25) is 14.4 Å². The number of amides is 3. The highest BCUT2D eigenvalue weighted by atomic mass is 35.5. The summed E-state index contributed by atoms with van der Waals surface area (Å²) in [6.07, 6.45) is 15.9. The van der Waals surface area contributed by atoms with Crippen LogP contribution in [0.25, 0.3) is 0 Å². The number of imidazole rings is 2. The lowest BCUT2D eigenvalue weighted by atomic mass is 9.99. The van der Waals surface area contributed by atoms with Gasteiger partial charge in [-0.15, -0.1) is 0 Å². The van der Waals surface area contributed by atoms with Crippen molar-refractivity contribution in [2.24, 2.45) is 0 Å². The average molecular weight is 842 g/mol. The number of quaternary nitrogens is 1. The lowest BCUT2D eigenvalue weighted by Gasteiger charge is -2.45. The number of nitrogen functional groups attached to an aromatic ring is 2. The molecule has 2 aromatic carbocycles. The van der Waals surface area contributed by atoms with Crippen molar-refractivity contribution in [1.82, 2.24) is 45.0 Å². The number of piperidine rings is 1. The zero-order valence-electron chi connectivity index (χ0n) is 33.7. The first-order chi connectivity index (χ1) is 29.1. The molecule has 0 unspecified atom stereocenters. The van der Waals surface area contributed by atoms with Crippen molar-refractivity contribution in [1.29, 1.82) is 0 Å². The van der Waals surface area contributed by atoms with Crippen molar-refractivity contribution in [3.63, 3.8) is 0 Å². The Morgan fingerprint density at radius 1 is 0.767 bits per heavy atom. The molecule has 1 fully saturated rings. The molecule has 0 spiro atoms. The van der Waals surface area contributed by atoms with Crippen molar-refractivity contribution in [2.45, 2.75) is 57.7 Å². The number of nitrogens with one attached hydrogen (secondary N) is 3. The first kappa shape index (κ1) is 43.4. The summed E-state index contributed by atoms with van der Waals surface area (Å²) >= 11 is 6.08. The van der Waals surface area contributed by atoms with E-state index in [0.29, 0.717) is 37.7 Å². The highest BCUT2D eigenvalue weighted by Gasteiger charge is 2.35. The molecule has 0 aliphatic carbocycles. The van der Waals surface area contributed by atoms with Crippen LogP contribution in [-0.2, 0) is 35.5 Å². The predicted octanol–water partition coefficient (Wildman–Crippen LogP) is 3.05. The maximum Gasteiger partial charge on any atom is 0.274 e. The summed E-state index contributed by atoms with van der Waals surface area (Å²) in [5.74, 6) is 0.403. The lowest BCUT2D eigenvalue weighted by Crippen LogP contribution is -2.60. The number of rotatable bonds is 22. The van der Waals surface area contributed by atoms with Crippen LogP contribution in [0.1, 0.15) is 47.3 Å². The smallest absolute Gasteiger partial charge is 0.274 e. The molecule has 318 valence electrons. The van der Waals surface area contributed by atoms with E-state index in [1.54, 1.807) is 25.0 Å². The zero-order chi connectivity index (χ0) is 42.2. The molecule has 1 saturated heterocycles. The molecule has 1 atom stereocenters. The van der Waals surface area contributed by atoms with E-state index < -0.39 is 5.91 Å². The number of halogens is 1. The maximum absolute atomic E-state index is 13.3. The number of nitrogens with zero attached hydrogens (tertiary/aromatic N) is 7. The van der Waals surface area contributed by atoms with Crippen molar-refractivity contribution in [3.8, 4) is 11.5 Å². The van der Waals surface area contributed by atoms with E-state index >= 15 is 0 Å². The standard InChI is InChI=1S/C42H53ClN12O5/c43-39-41(45)52-40(44)38(51-39)42(58)50-33-6-3-25-55(26-33,23-1-4-31-7-11-34(12-8-31)59-27-36(56)48-17-21-53-19-15-46-29-53)24-2-5-32-9-13-35(14-10-32)60-28-37(57)49-18-22-54-20-16-47-30-54/h7-16,19-20,29-30,33H,1-6,17-18,21-28H2,(H6-,44,45,48,49,50,52,56,57,58)/p+1/t33-/m0/s1. The first-order valence-electron chi connectivity index (χ1n) is 20.3. The Hall–Kier alpha value is -6.20. The Bertz CT molecular complexity index is 2010. The molecule has 17 nitrogen and oxygen atoms in total. The van der Waals surface area contributed by atoms with E-state index in [4.69, 9.17) is 32.5 Å². The van der Waals surface area contributed by atoms with Gasteiger partial charge in [0.05, 0.1) is 44.9 Å². The van der Waals surface area contributed by atoms with Gasteiger partial charge in [-0.2, -0.15) is 0 Å². The van der Waals surface area contributed by atoms with Gasteiger partial charge in [0.15, 0.2) is 35.7 Å². The van der Waals surface area contributed by atoms with Gasteiger partial charge in [0, 0.05) is 63.8 Å². The summed E-state index contributed by atoms with van der Waals surface area (Å²) in [4.78, 5) is 54.0. The number of hydrogen-bond acceptors (Lipinski definition) is 11. The van der Waals surface area contributed by atoms with Gasteiger partial charge in [0.1, 0.15) is 11.5 Å². The number of likely N-dealkylation sites (tertiary alicyclic amines) is 1. The summed E-state index contributed by atoms with van der Waals surface area (Å²) in [5, 5.41) is 8.81. The summed E-state index contributed by atoms with van der Waals surface area (Å²) in [6, 6.07) is 15.7. The molecule has 7 N–H and O–H groups in total. The van der Waals surface area contributed by atoms with Crippen molar-refractivity contribution in [3.05, 3.63) is 108 Å². The van der Waals surface area contributed by atoms with Gasteiger partial charge in [0.25, 0.3) is 17.7 Å². The zero-order valence-corrected chi connectivity index (χ0v) is 34.4. The molecule has 0 radical (unpaired) electrons. The minimum Gasteiger partial charge on any atom is -0.484 e. The normalized spacial score (nSPS) is 14.6. The van der Waals surface area contributed by atoms with Crippen LogP contribution in [0.5, 0.6) is 11.5 Å². The van der Waals surface area contributed by atoms with Crippen LogP contribution in [0.15, 0.2) is 86.0 Å². The Morgan fingerprint density at radius 2 is 1.30 bits per heavy atom. The second-order valence-electron chi connectivity index (χ2n) is 15.0. The SMILES string of the molecule is Nc1nc(N)c(C(=O)N[C@H]2CCC[N+](CCCc3ccc(OCC(=O)NCCn4ccnc4)cc3)(CCCc3ccc(OCC(=O)NCCn4ccnc4)cc3)C2)nc1Cl. The van der Waals surface area contributed by atoms with E-state index in [2.05, 4.69) is 35.9 Å². The Balaban J connectivity index is 0.997. The molecule has 1 aliphatic rings. The third-order valence-electron chi connectivity index (χ3n) is 10.5. The molecule has 0 saturated carbocycles. The number of carbonyl (C=O) groups excluding carboxylic acids is 3. The topological polar surface area (TPSA) is 219 Å². The van der Waals surface area contributed by atoms with Crippen LogP contribution in [0.4, 0.5) is 11.6 Å². The van der Waals surface area contributed by atoms with Gasteiger partial charge in [-0.25, -0.2) is 19.9 Å². The Kier molecular flexibility index (Phi) is 15.7. The number of anilines is 2. The average Bonchev–Trinajstić information content (AvgIpc) is 3.97. The van der Waals surface area contributed by atoms with Gasteiger partial charge in [0.2, 0.25) is 0 Å². The number of hydrogen-bond donors (Lipinski definition) is 5. The van der Waals surface area contributed by atoms with E-state index in [-0.39, 0.29) is 53.6 Å². The molecule has 5 aromatic rings. The van der Waals surface area contributed by atoms with Gasteiger partial charge < -0.3 is 50.5 Å². The van der Waals surface area contributed by atoms with E-state index in [1.807, 2.05) is 70.1 Å². The summed E-state index contributed by atoms with van der Waals surface area (Å²) < 4.78 is 16.1. The number of aryl methyl sites for hydroxylation is 2. The number of ether oxygens (including phenoxy) is 2. The third kappa shape index (κ3) is 13.4. The molecule has 4 heterocycles. The van der Waals surface area contributed by atoms with E-state index in [0.717, 1.165) is 69.2 Å². The molecular formula is C42H54ClN12O5+. The van der Waals surface area contributed by atoms with Crippen molar-refractivity contribution in [2.75, 3.05) is 63.9 Å². The van der Waals surface area contributed by atoms with Crippen LogP contribution in [-0.4, -0.2) is 110 Å². The van der Waals surface area contributed by atoms with Gasteiger partial charge in [-0.1, -0.05) is 35.9 Å². The molecule has 18 heteroatoms. The second-order valence-corrected chi connectivity index (χ2v) is 15.4. The molecule has 0 bridgehead atoms. The fourth-order valence-corrected chi connectivity index (χ4v) is 7.58. The predicted molar refractivity (Wildman–Crippen MR) is 227 cm³/mol. The van der Waals surface area contributed by atoms with Crippen LogP contribution in [0.2, 0.25) is 5.15 Å². The monoisotopic (exact) mass is 841 g/mol. The lowest BCUT2D eigenvalue weighted by molar-refractivity contribution is -0.933. The molecular weight excluding hydrogens is 788 g/mol. The maximum atomic E-state index is 13.3. The number of carbonyl (C=O) groups is 3. The van der Waals surface area contributed by atoms with Crippen LogP contribution in [0, 0.1) is 0 Å². The summed E-state index contributed by atoms with van der Waals surface area (Å²) in [7, 11) is 0. The van der Waals surface area contributed by atoms with Crippen molar-refractivity contribution >= 4 is 41.0 Å². The Morgan fingerprint density at radius 3 is 1.80 bits per heavy atom. The first-order valence-corrected chi connectivity index (χ1v) is 20.6. The summed E-state index contributed by atoms with van der Waals surface area (Å²) in [5.41, 5.74) is 14.1. The van der Waals surface area contributed by atoms with Crippen LogP contribution < -0.4 is 36.9 Å². The molecule has 6 rings (SSSR count). The second kappa shape index (κ2) is 21.7. The fourth-order valence-electron chi connectivity index (χ4n) is 7.45. The van der Waals surface area contributed by atoms with Gasteiger partial charge in [-0.05, 0) is 61.1 Å². The summed E-state index contributed by atoms with van der Waals surface area (Å²) in [6.45, 7) is 5.76. The number of benzene rings is 2. The Labute approximate surface area is 354 Å². The largest absolute Gasteiger partial charge is 0.484 e. The van der Waals surface area contributed by atoms with Gasteiger partial charge >= 0.3 is 0 Å². The molecule has 3 aromatic heterocycles. The van der Waals surface area contributed by atoms with Crippen molar-refractivity contribution < 1.29 is 28.3 Å². The van der Waals surface area contributed by atoms with Crippen LogP contribution >= 0.6 is 11.6 Å². The fraction of sp³-hybridized carbons (Fsp3) is 0.405. The molecule has 60 heavy (non-hydrogen) atoms. The number of nitrogens with two attached hydrogens (primary N) is 2. The third-order valence-corrected chi connectivity index (χ3v) is 10.8. The van der Waals surface area contributed by atoms with E-state index in [9.17, 15) is 14.4 Å². The quantitative estimate of drug-likeness (QED) is 0.0638. The number of aromatic nitrogens is 6. The molecule has 1 aliphatic heterocycles. The minimum atomic E-state index is -0.421. The molecule has 3 amide bonds. The highest BCUT2D eigenvalue weighted by Crippen LogP contribution is 2.25.